The summed E-state index contributed by atoms with van der Waals surface area (Å²) in [7, 11) is 1.55. The molecular weight excluding hydrogens is 863 g/mol. The largest absolute Gasteiger partial charge is 0.481 e. The van der Waals surface area contributed by atoms with Crippen molar-refractivity contribution < 1.29 is 84.7 Å². The van der Waals surface area contributed by atoms with Crippen LogP contribution in [-0.4, -0.2) is 173 Å². The number of carboxylic acid groups (broad SMARTS) is 1. The molecule has 0 aromatic carbocycles. The van der Waals surface area contributed by atoms with E-state index in [2.05, 4.69) is 5.32 Å². The summed E-state index contributed by atoms with van der Waals surface area (Å²) in [5, 5.41) is 122. The molecule has 3 unspecified atom stereocenters. The Balaban J connectivity index is 1.87. The Kier molecular flexibility index (Phi) is 24.3. The van der Waals surface area contributed by atoms with E-state index >= 15 is 0 Å². The van der Waals surface area contributed by atoms with E-state index in [1.165, 1.54) is 0 Å². The molecule has 18 nitrogen and oxygen atoms in total. The number of rotatable bonds is 4. The van der Waals surface area contributed by atoms with E-state index in [9.17, 15) is 65.8 Å². The predicted octanol–water partition coefficient (Wildman–Crippen LogP) is 0.972. The Morgan fingerprint density at radius 2 is 1.21 bits per heavy atom. The second-order valence-electron chi connectivity index (χ2n) is 17.8. The SMILES string of the molecule is CNC1C(O)[C@H](O[C@H]2/C=C/C=C/C=C/C=C/C=C/C=C/C=C/[C@H](C)[C@@H](O)[C@@H](C)[C@H](C)OC(=O)C[C@H](O)C[C@H](O)C[C@H](O)CC[C@@H](O)[C@H](O)C[C@]3(O)C[C@H](O)[C@@H](C(=O)O)[C@H](C2)O3)OC(C)[C@H]1O. The zero-order valence-electron chi connectivity index (χ0n) is 38.5. The van der Waals surface area contributed by atoms with Crippen LogP contribution in [0.25, 0.3) is 0 Å². The van der Waals surface area contributed by atoms with Crippen molar-refractivity contribution in [2.45, 2.75) is 177 Å². The number of hydrogen-bond acceptors (Lipinski definition) is 17. The molecule has 18 heteroatoms. The van der Waals surface area contributed by atoms with Gasteiger partial charge in [0.05, 0.1) is 79.6 Å². The third-order valence-corrected chi connectivity index (χ3v) is 12.3. The van der Waals surface area contributed by atoms with E-state index in [1.54, 1.807) is 88.6 Å². The molecule has 2 bridgehead atoms. The molecule has 3 aliphatic heterocycles. The number of carbonyl (C=O) groups is 2. The first-order chi connectivity index (χ1) is 31.2. The molecule has 0 aliphatic carbocycles. The summed E-state index contributed by atoms with van der Waals surface area (Å²) < 4.78 is 23.4. The molecule has 3 aliphatic rings. The summed E-state index contributed by atoms with van der Waals surface area (Å²) in [4.78, 5) is 25.1. The smallest absolute Gasteiger partial charge is 0.311 e. The minimum absolute atomic E-state index is 0.136. The molecule has 0 radical (unpaired) electrons. The molecule has 2 saturated heterocycles. The van der Waals surface area contributed by atoms with Crippen LogP contribution in [-0.2, 0) is 28.5 Å². The summed E-state index contributed by atoms with van der Waals surface area (Å²) >= 11 is 0. The number of hydrogen-bond donors (Lipinski definition) is 12. The molecule has 12 N–H and O–H groups in total. The van der Waals surface area contributed by atoms with Gasteiger partial charge in [-0.15, -0.1) is 0 Å². The minimum Gasteiger partial charge on any atom is -0.481 e. The van der Waals surface area contributed by atoms with E-state index in [1.807, 2.05) is 31.2 Å². The first-order valence-electron chi connectivity index (χ1n) is 22.8. The van der Waals surface area contributed by atoms with Gasteiger partial charge in [0.2, 0.25) is 0 Å². The van der Waals surface area contributed by atoms with Crippen LogP contribution in [0.2, 0.25) is 0 Å². The Hall–Kier alpha value is -3.44. The van der Waals surface area contributed by atoms with E-state index in [0.29, 0.717) is 0 Å². The van der Waals surface area contributed by atoms with Gasteiger partial charge in [-0.1, -0.05) is 98.9 Å². The standard InChI is InChI=1S/C48H75NO17/c1-28-18-16-14-12-10-8-6-7-9-11-13-15-17-19-35(65-47-45(59)42(49-5)44(58)31(4)64-47)25-39-41(46(60)61)38(55)27-48(62,66-39)26-37(54)36(53)21-20-32(50)22-33(51)23-34(52)24-40(56)63-30(3)29(2)43(28)57/h6-19,28-39,41-45,47,49-55,57-59,62H,20-27H2,1-5H3,(H,60,61)/b7-6+,10-8+,11-9+,14-12+,15-13+,18-16+,19-17+/t28-,29-,30-,31?,32+,33+,34+,35-,36+,37+,38-,39-,41+,42?,43+,44+,45?,47-,48+/m0/s1. The van der Waals surface area contributed by atoms with Gasteiger partial charge in [0.25, 0.3) is 0 Å². The molecule has 3 heterocycles. The Morgan fingerprint density at radius 1 is 0.667 bits per heavy atom. The topological polar surface area (TPSA) is 306 Å². The number of aliphatic carboxylic acids is 1. The second kappa shape index (κ2) is 28.1. The van der Waals surface area contributed by atoms with Crippen molar-refractivity contribution in [3.8, 4) is 0 Å². The van der Waals surface area contributed by atoms with Gasteiger partial charge in [-0.2, -0.15) is 0 Å². The molecule has 19 atom stereocenters. The van der Waals surface area contributed by atoms with Crippen LogP contribution in [0, 0.1) is 17.8 Å². The average molecular weight is 938 g/mol. The lowest BCUT2D eigenvalue weighted by Crippen LogP contribution is -2.62. The van der Waals surface area contributed by atoms with E-state index in [0.717, 1.165) is 0 Å². The average Bonchev–Trinajstić information content (AvgIpc) is 3.23. The molecule has 0 aromatic heterocycles. The van der Waals surface area contributed by atoms with Crippen molar-refractivity contribution in [2.75, 3.05) is 7.05 Å². The fraction of sp³-hybridized carbons (Fsp3) is 0.667. The van der Waals surface area contributed by atoms with Crippen molar-refractivity contribution in [3.05, 3.63) is 85.1 Å². The lowest BCUT2D eigenvalue weighted by Gasteiger charge is -2.45. The van der Waals surface area contributed by atoms with Gasteiger partial charge in [0, 0.05) is 31.1 Å². The fourth-order valence-corrected chi connectivity index (χ4v) is 8.26. The number of likely N-dealkylation sites (N-methyl/N-ethyl adjacent to an activating group) is 1. The lowest BCUT2D eigenvalue weighted by molar-refractivity contribution is -0.310. The Bertz CT molecular complexity index is 1680. The number of fused-ring (bicyclic) bond motifs is 2. The van der Waals surface area contributed by atoms with Crippen molar-refractivity contribution in [1.82, 2.24) is 5.32 Å². The van der Waals surface area contributed by atoms with Crippen LogP contribution in [0.1, 0.15) is 79.1 Å². The van der Waals surface area contributed by atoms with Crippen LogP contribution < -0.4 is 5.32 Å². The van der Waals surface area contributed by atoms with Crippen LogP contribution in [0.5, 0.6) is 0 Å². The Labute approximate surface area is 387 Å². The molecule has 2 fully saturated rings. The van der Waals surface area contributed by atoms with Crippen LogP contribution in [0.15, 0.2) is 85.1 Å². The highest BCUT2D eigenvalue weighted by Crippen LogP contribution is 2.38. The van der Waals surface area contributed by atoms with Gasteiger partial charge in [0.1, 0.15) is 18.1 Å². The van der Waals surface area contributed by atoms with Crippen molar-refractivity contribution >= 4 is 11.9 Å². The second-order valence-corrected chi connectivity index (χ2v) is 17.8. The number of aliphatic hydroxyl groups excluding tert-OH is 9. The van der Waals surface area contributed by atoms with Gasteiger partial charge in [0.15, 0.2) is 12.1 Å². The van der Waals surface area contributed by atoms with Crippen LogP contribution >= 0.6 is 0 Å². The Morgan fingerprint density at radius 3 is 1.79 bits per heavy atom. The zero-order chi connectivity index (χ0) is 49.1. The quantitative estimate of drug-likeness (QED) is 0.175. The summed E-state index contributed by atoms with van der Waals surface area (Å²) in [6.45, 7) is 6.81. The summed E-state index contributed by atoms with van der Waals surface area (Å²) in [6, 6.07) is -0.848. The molecule has 66 heavy (non-hydrogen) atoms. The van der Waals surface area contributed by atoms with Gasteiger partial charge >= 0.3 is 11.9 Å². The maximum Gasteiger partial charge on any atom is 0.311 e. The van der Waals surface area contributed by atoms with E-state index in [-0.39, 0.29) is 38.0 Å². The first kappa shape index (κ1) is 56.9. The predicted molar refractivity (Wildman–Crippen MR) is 242 cm³/mol. The number of carbonyl (C=O) groups excluding carboxylic acids is 1. The number of nitrogens with one attached hydrogen (secondary N) is 1. The van der Waals surface area contributed by atoms with Gasteiger partial charge in [-0.3, -0.25) is 9.59 Å². The van der Waals surface area contributed by atoms with Crippen molar-refractivity contribution in [2.24, 2.45) is 17.8 Å². The number of esters is 1. The highest BCUT2D eigenvalue weighted by atomic mass is 16.7. The third kappa shape index (κ3) is 18.6. The maximum absolute atomic E-state index is 12.6. The molecule has 0 spiro atoms. The monoisotopic (exact) mass is 938 g/mol. The first-order valence-corrected chi connectivity index (χ1v) is 22.8. The third-order valence-electron chi connectivity index (χ3n) is 12.3. The van der Waals surface area contributed by atoms with Crippen molar-refractivity contribution in [1.29, 1.82) is 0 Å². The summed E-state index contributed by atoms with van der Waals surface area (Å²) in [6.07, 6.45) is 4.17. The number of allylic oxidation sites excluding steroid dienone is 12. The van der Waals surface area contributed by atoms with Crippen LogP contribution in [0.4, 0.5) is 0 Å². The molecule has 374 valence electrons. The summed E-state index contributed by atoms with van der Waals surface area (Å²) in [5.74, 6) is -6.84. The molecule has 0 aromatic rings. The minimum atomic E-state index is -2.35. The zero-order valence-corrected chi connectivity index (χ0v) is 38.5. The number of cyclic esters (lactones) is 1. The van der Waals surface area contributed by atoms with Gasteiger partial charge in [-0.05, 0) is 46.6 Å². The normalized spacial score (nSPS) is 45.0. The molecular formula is C48H75NO17. The van der Waals surface area contributed by atoms with Crippen LogP contribution in [0.3, 0.4) is 0 Å². The van der Waals surface area contributed by atoms with Gasteiger partial charge < -0.3 is 80.4 Å². The van der Waals surface area contributed by atoms with Crippen molar-refractivity contribution in [3.63, 3.8) is 0 Å². The number of carboxylic acids is 1. The number of aliphatic hydroxyl groups is 10. The molecule has 0 amide bonds. The molecule has 3 rings (SSSR count). The lowest BCUT2D eigenvalue weighted by atomic mass is 9.82. The summed E-state index contributed by atoms with van der Waals surface area (Å²) in [5.41, 5.74) is 0. The van der Waals surface area contributed by atoms with E-state index in [4.69, 9.17) is 18.9 Å². The molecule has 0 saturated carbocycles. The highest BCUT2D eigenvalue weighted by Gasteiger charge is 2.51. The highest BCUT2D eigenvalue weighted by molar-refractivity contribution is 5.71. The maximum atomic E-state index is 12.6. The van der Waals surface area contributed by atoms with E-state index < -0.39 is 141 Å². The number of ether oxygens (including phenoxy) is 4. The fourth-order valence-electron chi connectivity index (χ4n) is 8.26. The van der Waals surface area contributed by atoms with Gasteiger partial charge in [-0.25, -0.2) is 0 Å².